The van der Waals surface area contributed by atoms with Crippen LogP contribution in [0.3, 0.4) is 0 Å². The van der Waals surface area contributed by atoms with Gasteiger partial charge in [-0.25, -0.2) is 0 Å². The van der Waals surface area contributed by atoms with Crippen molar-refractivity contribution in [2.24, 2.45) is 5.73 Å². The van der Waals surface area contributed by atoms with Crippen molar-refractivity contribution in [2.75, 3.05) is 13.6 Å². The highest BCUT2D eigenvalue weighted by Crippen LogP contribution is 2.13. The summed E-state index contributed by atoms with van der Waals surface area (Å²) in [5.41, 5.74) is 7.93. The van der Waals surface area contributed by atoms with Crippen LogP contribution in [0.1, 0.15) is 41.8 Å². The number of nitrogens with two attached hydrogens (primary N) is 1. The fourth-order valence-corrected chi connectivity index (χ4v) is 1.81. The zero-order valence-electron chi connectivity index (χ0n) is 12.2. The zero-order chi connectivity index (χ0) is 14.4. The Morgan fingerprint density at radius 2 is 2.11 bits per heavy atom. The minimum atomic E-state index is 0.0360. The number of benzene rings is 1. The summed E-state index contributed by atoms with van der Waals surface area (Å²) in [5.74, 6) is 5.83. The highest BCUT2D eigenvalue weighted by atomic mass is 16.2. The van der Waals surface area contributed by atoms with E-state index in [1.54, 1.807) is 4.90 Å². The molecule has 3 heteroatoms. The maximum atomic E-state index is 12.4. The van der Waals surface area contributed by atoms with Crippen LogP contribution in [0.15, 0.2) is 18.2 Å². The van der Waals surface area contributed by atoms with Crippen molar-refractivity contribution in [3.8, 4) is 11.8 Å². The molecular formula is C16H22N2O. The molecule has 1 amide bonds. The van der Waals surface area contributed by atoms with E-state index in [4.69, 9.17) is 5.73 Å². The number of hydrogen-bond acceptors (Lipinski definition) is 2. The Kier molecular flexibility index (Phi) is 5.59. The van der Waals surface area contributed by atoms with Crippen LogP contribution in [0.2, 0.25) is 0 Å². The molecule has 0 aliphatic carbocycles. The third-order valence-electron chi connectivity index (χ3n) is 3.23. The van der Waals surface area contributed by atoms with Crippen LogP contribution >= 0.6 is 0 Å². The van der Waals surface area contributed by atoms with Gasteiger partial charge in [-0.05, 0) is 44.0 Å². The predicted molar refractivity (Wildman–Crippen MR) is 79.0 cm³/mol. The summed E-state index contributed by atoms with van der Waals surface area (Å²) in [6.45, 7) is 6.41. The smallest absolute Gasteiger partial charge is 0.253 e. The normalized spacial score (nSPS) is 11.4. The van der Waals surface area contributed by atoms with Gasteiger partial charge in [0.05, 0.1) is 6.54 Å². The predicted octanol–water partition coefficient (Wildman–Crippen LogP) is 2.18. The van der Waals surface area contributed by atoms with Crippen LogP contribution in [0, 0.1) is 18.8 Å². The number of rotatable bonds is 3. The minimum Gasteiger partial charge on any atom is -0.339 e. The number of carbonyl (C=O) groups excluding carboxylic acids is 1. The van der Waals surface area contributed by atoms with Crippen LogP contribution < -0.4 is 5.73 Å². The summed E-state index contributed by atoms with van der Waals surface area (Å²) >= 11 is 0. The van der Waals surface area contributed by atoms with Gasteiger partial charge in [0.2, 0.25) is 0 Å². The molecule has 0 saturated carbocycles. The van der Waals surface area contributed by atoms with E-state index in [-0.39, 0.29) is 11.9 Å². The van der Waals surface area contributed by atoms with Crippen LogP contribution in [0.4, 0.5) is 0 Å². The van der Waals surface area contributed by atoms with Gasteiger partial charge in [0.15, 0.2) is 0 Å². The lowest BCUT2D eigenvalue weighted by Gasteiger charge is -2.24. The van der Waals surface area contributed by atoms with Crippen LogP contribution in [-0.2, 0) is 0 Å². The van der Waals surface area contributed by atoms with E-state index in [1.165, 1.54) is 0 Å². The van der Waals surface area contributed by atoms with E-state index in [0.717, 1.165) is 17.5 Å². The van der Waals surface area contributed by atoms with Crippen molar-refractivity contribution in [3.05, 3.63) is 34.9 Å². The fraction of sp³-hybridized carbons (Fsp3) is 0.438. The Hall–Kier alpha value is -1.79. The van der Waals surface area contributed by atoms with Crippen molar-refractivity contribution < 1.29 is 4.79 Å². The van der Waals surface area contributed by atoms with E-state index >= 15 is 0 Å². The van der Waals surface area contributed by atoms with Crippen molar-refractivity contribution in [1.29, 1.82) is 0 Å². The largest absolute Gasteiger partial charge is 0.339 e. The average Bonchev–Trinajstić information content (AvgIpc) is 2.41. The summed E-state index contributed by atoms with van der Waals surface area (Å²) in [4.78, 5) is 14.1. The molecular weight excluding hydrogens is 236 g/mol. The van der Waals surface area contributed by atoms with Crippen molar-refractivity contribution in [2.45, 2.75) is 33.2 Å². The molecule has 0 fully saturated rings. The highest BCUT2D eigenvalue weighted by Gasteiger charge is 2.16. The molecule has 1 aromatic carbocycles. The van der Waals surface area contributed by atoms with E-state index in [2.05, 4.69) is 18.8 Å². The molecule has 1 unspecified atom stereocenters. The molecule has 0 saturated heterocycles. The minimum absolute atomic E-state index is 0.0360. The molecule has 19 heavy (non-hydrogen) atoms. The Labute approximate surface area is 115 Å². The lowest BCUT2D eigenvalue weighted by Crippen LogP contribution is -2.34. The van der Waals surface area contributed by atoms with Crippen molar-refractivity contribution in [1.82, 2.24) is 4.90 Å². The van der Waals surface area contributed by atoms with Crippen molar-refractivity contribution >= 4 is 5.91 Å². The van der Waals surface area contributed by atoms with Crippen LogP contribution in [0.25, 0.3) is 0 Å². The standard InChI is InChI=1S/C16H22N2O/c1-5-13(3)18(4)16(19)15-10-12(2)9-14(11-15)7-6-8-17/h9-11,13H,5,8,17H2,1-4H3. The number of hydrogen-bond donors (Lipinski definition) is 1. The third-order valence-corrected chi connectivity index (χ3v) is 3.23. The first-order chi connectivity index (χ1) is 8.99. The number of amides is 1. The second-order valence-corrected chi connectivity index (χ2v) is 4.77. The first-order valence-corrected chi connectivity index (χ1v) is 6.57. The second-order valence-electron chi connectivity index (χ2n) is 4.77. The molecule has 1 atom stereocenters. The maximum absolute atomic E-state index is 12.4. The first kappa shape index (κ1) is 15.3. The molecule has 3 nitrogen and oxygen atoms in total. The maximum Gasteiger partial charge on any atom is 0.253 e. The molecule has 0 aliphatic rings. The number of nitrogens with zero attached hydrogens (tertiary/aromatic N) is 1. The van der Waals surface area contributed by atoms with E-state index in [0.29, 0.717) is 12.1 Å². The molecule has 0 spiro atoms. The van der Waals surface area contributed by atoms with Crippen molar-refractivity contribution in [3.63, 3.8) is 0 Å². The quantitative estimate of drug-likeness (QED) is 0.845. The molecule has 0 bridgehead atoms. The second kappa shape index (κ2) is 6.96. The first-order valence-electron chi connectivity index (χ1n) is 6.57. The van der Waals surface area contributed by atoms with Gasteiger partial charge in [-0.2, -0.15) is 0 Å². The van der Waals surface area contributed by atoms with Crippen LogP contribution in [-0.4, -0.2) is 30.4 Å². The third kappa shape index (κ3) is 4.11. The summed E-state index contributed by atoms with van der Waals surface area (Å²) in [5, 5.41) is 0. The van der Waals surface area contributed by atoms with Gasteiger partial charge in [-0.1, -0.05) is 18.8 Å². The summed E-state index contributed by atoms with van der Waals surface area (Å²) in [6.07, 6.45) is 0.938. The zero-order valence-corrected chi connectivity index (χ0v) is 12.2. The van der Waals surface area contributed by atoms with Gasteiger partial charge < -0.3 is 10.6 Å². The average molecular weight is 258 g/mol. The molecule has 0 radical (unpaired) electrons. The summed E-state index contributed by atoms with van der Waals surface area (Å²) in [7, 11) is 1.84. The molecule has 1 rings (SSSR count). The Balaban J connectivity index is 3.06. The molecule has 0 heterocycles. The van der Waals surface area contributed by atoms with Gasteiger partial charge in [0.25, 0.3) is 5.91 Å². The van der Waals surface area contributed by atoms with Crippen LogP contribution in [0.5, 0.6) is 0 Å². The molecule has 0 aliphatic heterocycles. The van der Waals surface area contributed by atoms with Gasteiger partial charge in [-0.3, -0.25) is 4.79 Å². The highest BCUT2D eigenvalue weighted by molar-refractivity contribution is 5.94. The molecule has 2 N–H and O–H groups in total. The fourth-order valence-electron chi connectivity index (χ4n) is 1.81. The van der Waals surface area contributed by atoms with E-state index < -0.39 is 0 Å². The molecule has 102 valence electrons. The monoisotopic (exact) mass is 258 g/mol. The van der Waals surface area contributed by atoms with E-state index in [9.17, 15) is 4.79 Å². The number of aryl methyl sites for hydroxylation is 1. The van der Waals surface area contributed by atoms with Gasteiger partial charge in [-0.15, -0.1) is 0 Å². The lowest BCUT2D eigenvalue weighted by molar-refractivity contribution is 0.0740. The van der Waals surface area contributed by atoms with Gasteiger partial charge in [0, 0.05) is 24.2 Å². The molecule has 1 aromatic rings. The van der Waals surface area contributed by atoms with E-state index in [1.807, 2.05) is 39.1 Å². The Morgan fingerprint density at radius 1 is 1.42 bits per heavy atom. The Morgan fingerprint density at radius 3 is 2.68 bits per heavy atom. The van der Waals surface area contributed by atoms with Gasteiger partial charge >= 0.3 is 0 Å². The number of carbonyl (C=O) groups is 1. The lowest BCUT2D eigenvalue weighted by atomic mass is 10.0. The summed E-state index contributed by atoms with van der Waals surface area (Å²) in [6, 6.07) is 5.92. The SMILES string of the molecule is CCC(C)N(C)C(=O)c1cc(C)cc(C#CCN)c1. The Bertz CT molecular complexity index is 511. The van der Waals surface area contributed by atoms with Gasteiger partial charge in [0.1, 0.15) is 0 Å². The summed E-state index contributed by atoms with van der Waals surface area (Å²) < 4.78 is 0. The topological polar surface area (TPSA) is 46.3 Å². The molecule has 0 aromatic heterocycles.